The summed E-state index contributed by atoms with van der Waals surface area (Å²) < 4.78 is 0. The largest absolute Gasteiger partial charge is 0.325 e. The van der Waals surface area contributed by atoms with Crippen molar-refractivity contribution in [2.45, 2.75) is 39.2 Å². The molecule has 74 valence electrons. The van der Waals surface area contributed by atoms with Gasteiger partial charge in [0.1, 0.15) is 0 Å². The number of rotatable bonds is 4. The predicted molar refractivity (Wildman–Crippen MR) is 60.1 cm³/mol. The van der Waals surface area contributed by atoms with Crippen LogP contribution in [0.2, 0.25) is 0 Å². The first kappa shape index (κ1) is 10.7. The fourth-order valence-electron chi connectivity index (χ4n) is 1.43. The number of thiophene rings is 1. The summed E-state index contributed by atoms with van der Waals surface area (Å²) in [7, 11) is 0. The van der Waals surface area contributed by atoms with E-state index in [0.717, 1.165) is 12.8 Å². The van der Waals surface area contributed by atoms with Crippen molar-refractivity contribution in [3.05, 3.63) is 22.4 Å². The van der Waals surface area contributed by atoms with Gasteiger partial charge in [-0.15, -0.1) is 11.3 Å². The summed E-state index contributed by atoms with van der Waals surface area (Å²) in [6, 6.07) is 4.25. The average Bonchev–Trinajstić information content (AvgIpc) is 2.54. The second kappa shape index (κ2) is 4.25. The first-order valence-electron chi connectivity index (χ1n) is 4.87. The molecule has 1 nitrogen and oxygen atoms in total. The van der Waals surface area contributed by atoms with E-state index in [9.17, 15) is 0 Å². The minimum atomic E-state index is -0.0559. The van der Waals surface area contributed by atoms with Crippen molar-refractivity contribution >= 4 is 11.3 Å². The van der Waals surface area contributed by atoms with Gasteiger partial charge in [-0.05, 0) is 30.7 Å². The number of nitrogens with two attached hydrogens (primary N) is 1. The van der Waals surface area contributed by atoms with Crippen molar-refractivity contribution in [1.29, 1.82) is 0 Å². The third-order valence-corrected chi connectivity index (χ3v) is 3.75. The Morgan fingerprint density at radius 2 is 2.31 bits per heavy atom. The van der Waals surface area contributed by atoms with Gasteiger partial charge < -0.3 is 5.73 Å². The summed E-state index contributed by atoms with van der Waals surface area (Å²) in [5.41, 5.74) is 6.21. The molecule has 0 amide bonds. The Kier molecular flexibility index (Phi) is 3.51. The molecule has 0 spiro atoms. The quantitative estimate of drug-likeness (QED) is 0.789. The van der Waals surface area contributed by atoms with E-state index in [4.69, 9.17) is 5.73 Å². The van der Waals surface area contributed by atoms with E-state index in [1.165, 1.54) is 4.88 Å². The van der Waals surface area contributed by atoms with Crippen LogP contribution in [0.5, 0.6) is 0 Å². The highest BCUT2D eigenvalue weighted by atomic mass is 32.1. The van der Waals surface area contributed by atoms with Gasteiger partial charge in [-0.1, -0.05) is 26.3 Å². The minimum Gasteiger partial charge on any atom is -0.325 e. The Balaban J connectivity index is 2.61. The molecule has 1 rings (SSSR count). The van der Waals surface area contributed by atoms with Gasteiger partial charge >= 0.3 is 0 Å². The number of hydrogen-bond acceptors (Lipinski definition) is 2. The van der Waals surface area contributed by atoms with E-state index in [1.807, 2.05) is 0 Å². The van der Waals surface area contributed by atoms with E-state index in [-0.39, 0.29) is 5.54 Å². The molecule has 0 saturated carbocycles. The molecule has 2 atom stereocenters. The van der Waals surface area contributed by atoms with Crippen LogP contribution < -0.4 is 5.73 Å². The van der Waals surface area contributed by atoms with Gasteiger partial charge in [0, 0.05) is 10.4 Å². The molecule has 1 heterocycles. The van der Waals surface area contributed by atoms with Crippen molar-refractivity contribution in [3.8, 4) is 0 Å². The molecule has 0 aliphatic heterocycles. The average molecular weight is 197 g/mol. The summed E-state index contributed by atoms with van der Waals surface area (Å²) in [6.07, 6.45) is 2.15. The molecular formula is C11H19NS. The van der Waals surface area contributed by atoms with Crippen LogP contribution in [0.3, 0.4) is 0 Å². The third kappa shape index (κ3) is 2.82. The Hall–Kier alpha value is -0.340. The standard InChI is InChI=1S/C11H19NS/c1-4-9(2)11(3,12)8-10-6-5-7-13-10/h5-7,9H,4,8,12H2,1-3H3. The van der Waals surface area contributed by atoms with Crippen LogP contribution in [-0.4, -0.2) is 5.54 Å². The van der Waals surface area contributed by atoms with Crippen molar-refractivity contribution in [3.63, 3.8) is 0 Å². The summed E-state index contributed by atoms with van der Waals surface area (Å²) in [6.45, 7) is 6.58. The molecule has 2 N–H and O–H groups in total. The lowest BCUT2D eigenvalue weighted by atomic mass is 9.83. The van der Waals surface area contributed by atoms with Crippen molar-refractivity contribution in [2.75, 3.05) is 0 Å². The fourth-order valence-corrected chi connectivity index (χ4v) is 2.31. The molecule has 0 fully saturated rings. The number of hydrogen-bond donors (Lipinski definition) is 1. The van der Waals surface area contributed by atoms with Gasteiger partial charge in [0.15, 0.2) is 0 Å². The normalized spacial score (nSPS) is 18.2. The smallest absolute Gasteiger partial charge is 0.0200 e. The van der Waals surface area contributed by atoms with Crippen LogP contribution in [0.25, 0.3) is 0 Å². The first-order chi connectivity index (χ1) is 6.06. The highest BCUT2D eigenvalue weighted by Gasteiger charge is 2.25. The van der Waals surface area contributed by atoms with Gasteiger partial charge in [0.05, 0.1) is 0 Å². The molecule has 0 saturated heterocycles. The SMILES string of the molecule is CCC(C)C(C)(N)Cc1cccs1. The van der Waals surface area contributed by atoms with Crippen LogP contribution in [0.4, 0.5) is 0 Å². The summed E-state index contributed by atoms with van der Waals surface area (Å²) in [4.78, 5) is 1.39. The second-order valence-corrected chi connectivity index (χ2v) is 5.10. The first-order valence-corrected chi connectivity index (χ1v) is 5.75. The molecule has 0 radical (unpaired) electrons. The lowest BCUT2D eigenvalue weighted by Gasteiger charge is -2.30. The van der Waals surface area contributed by atoms with Gasteiger partial charge in [-0.3, -0.25) is 0 Å². The maximum absolute atomic E-state index is 6.27. The van der Waals surface area contributed by atoms with E-state index in [2.05, 4.69) is 38.3 Å². The highest BCUT2D eigenvalue weighted by Crippen LogP contribution is 2.24. The topological polar surface area (TPSA) is 26.0 Å². The molecule has 1 aromatic rings. The zero-order valence-corrected chi connectivity index (χ0v) is 9.53. The van der Waals surface area contributed by atoms with Crippen molar-refractivity contribution in [1.82, 2.24) is 0 Å². The van der Waals surface area contributed by atoms with Gasteiger partial charge in [-0.2, -0.15) is 0 Å². The van der Waals surface area contributed by atoms with Crippen molar-refractivity contribution in [2.24, 2.45) is 11.7 Å². The molecule has 0 aliphatic carbocycles. The molecule has 0 aliphatic rings. The van der Waals surface area contributed by atoms with Crippen LogP contribution in [0, 0.1) is 5.92 Å². The van der Waals surface area contributed by atoms with Crippen LogP contribution in [0.1, 0.15) is 32.1 Å². The monoisotopic (exact) mass is 197 g/mol. The summed E-state index contributed by atoms with van der Waals surface area (Å²) in [5.74, 6) is 0.578. The molecule has 13 heavy (non-hydrogen) atoms. The maximum atomic E-state index is 6.27. The van der Waals surface area contributed by atoms with Gasteiger partial charge in [0.2, 0.25) is 0 Å². The zero-order chi connectivity index (χ0) is 9.90. The lowest BCUT2D eigenvalue weighted by Crippen LogP contribution is -2.44. The summed E-state index contributed by atoms with van der Waals surface area (Å²) >= 11 is 1.80. The van der Waals surface area contributed by atoms with E-state index in [0.29, 0.717) is 5.92 Å². The second-order valence-electron chi connectivity index (χ2n) is 4.07. The van der Waals surface area contributed by atoms with Crippen molar-refractivity contribution < 1.29 is 0 Å². The van der Waals surface area contributed by atoms with E-state index >= 15 is 0 Å². The molecule has 2 heteroatoms. The minimum absolute atomic E-state index is 0.0559. The Morgan fingerprint density at radius 1 is 1.62 bits per heavy atom. The molecule has 2 unspecified atom stereocenters. The fraction of sp³-hybridized carbons (Fsp3) is 0.636. The van der Waals surface area contributed by atoms with Crippen LogP contribution >= 0.6 is 11.3 Å². The lowest BCUT2D eigenvalue weighted by molar-refractivity contribution is 0.308. The Labute approximate surface area is 85.0 Å². The Morgan fingerprint density at radius 3 is 2.77 bits per heavy atom. The van der Waals surface area contributed by atoms with Gasteiger partial charge in [0.25, 0.3) is 0 Å². The third-order valence-electron chi connectivity index (χ3n) is 2.87. The van der Waals surface area contributed by atoms with Gasteiger partial charge in [-0.25, -0.2) is 0 Å². The molecule has 0 bridgehead atoms. The van der Waals surface area contributed by atoms with E-state index in [1.54, 1.807) is 11.3 Å². The predicted octanol–water partition coefficient (Wildman–Crippen LogP) is 3.05. The van der Waals surface area contributed by atoms with Crippen LogP contribution in [-0.2, 0) is 6.42 Å². The zero-order valence-electron chi connectivity index (χ0n) is 8.71. The van der Waals surface area contributed by atoms with E-state index < -0.39 is 0 Å². The van der Waals surface area contributed by atoms with Crippen LogP contribution in [0.15, 0.2) is 17.5 Å². The molecule has 1 aromatic heterocycles. The maximum Gasteiger partial charge on any atom is 0.0200 e. The highest BCUT2D eigenvalue weighted by molar-refractivity contribution is 7.09. The molecule has 0 aromatic carbocycles. The molecular weight excluding hydrogens is 178 g/mol. The Bertz CT molecular complexity index is 239. The summed E-state index contributed by atoms with van der Waals surface area (Å²) in [5, 5.41) is 2.11.